The minimum atomic E-state index is -7.11. The van der Waals surface area contributed by atoms with E-state index in [1.54, 1.807) is 91.0 Å². The van der Waals surface area contributed by atoms with Crippen LogP contribution in [0.3, 0.4) is 0 Å². The van der Waals surface area contributed by atoms with Crippen molar-refractivity contribution in [2.75, 3.05) is 0 Å². The van der Waals surface area contributed by atoms with E-state index < -0.39 is 60.7 Å². The van der Waals surface area contributed by atoms with Crippen molar-refractivity contribution in [3.8, 4) is 0 Å². The van der Waals surface area contributed by atoms with Crippen LogP contribution in [-0.4, -0.2) is 37.2 Å². The first-order valence-electron chi connectivity index (χ1n) is 12.3. The van der Waals surface area contributed by atoms with Gasteiger partial charge in [0.1, 0.15) is 21.6 Å². The average molecular weight is 642 g/mol. The average Bonchev–Trinajstić information content (AvgIpc) is 2.91. The van der Waals surface area contributed by atoms with Gasteiger partial charge in [0.25, 0.3) is 0 Å². The van der Waals surface area contributed by atoms with Crippen molar-refractivity contribution >= 4 is 43.4 Å². The smallest absolute Gasteiger partial charge is 0.202 e. The summed E-state index contributed by atoms with van der Waals surface area (Å²) in [5, 5.41) is 4.17. The molecular weight excluding hydrogens is 613 g/mol. The van der Waals surface area contributed by atoms with E-state index in [2.05, 4.69) is 5.09 Å². The van der Waals surface area contributed by atoms with E-state index in [4.69, 9.17) is 0 Å². The molecule has 3 rings (SSSR count). The first-order chi connectivity index (χ1) is 19.0. The second-order valence-corrected chi connectivity index (χ2v) is 15.9. The third-order valence-corrected chi connectivity index (χ3v) is 14.3. The van der Waals surface area contributed by atoms with Crippen LogP contribution in [0.4, 0.5) is 26.3 Å². The van der Waals surface area contributed by atoms with Crippen LogP contribution < -0.4 is 21.0 Å². The van der Waals surface area contributed by atoms with E-state index in [1.807, 2.05) is 0 Å². The molecule has 0 heterocycles. The molecule has 0 radical (unpaired) electrons. The van der Waals surface area contributed by atoms with Gasteiger partial charge in [0.15, 0.2) is 7.41 Å². The maximum atomic E-state index is 14.0. The molecule has 3 aromatic rings. The summed E-state index contributed by atoms with van der Waals surface area (Å²) < 4.78 is 134. The maximum Gasteiger partial charge on any atom is 0.512 e. The van der Waals surface area contributed by atoms with Crippen molar-refractivity contribution < 1.29 is 43.2 Å². The Morgan fingerprint density at radius 1 is 0.634 bits per heavy atom. The van der Waals surface area contributed by atoms with E-state index >= 15 is 0 Å². The molecule has 0 bridgehead atoms. The number of sulfonamides is 2. The fourth-order valence-electron chi connectivity index (χ4n) is 4.67. The van der Waals surface area contributed by atoms with Gasteiger partial charge in [-0.2, -0.15) is 31.4 Å². The van der Waals surface area contributed by atoms with E-state index in [0.717, 1.165) is 6.92 Å². The Bertz CT molecular complexity index is 1380. The Hall–Kier alpha value is -2.51. The molecule has 6 nitrogen and oxygen atoms in total. The topological polar surface area (TPSA) is 83.6 Å². The summed E-state index contributed by atoms with van der Waals surface area (Å²) in [7, 11) is -17.8. The van der Waals surface area contributed by atoms with E-state index in [1.165, 1.54) is 6.92 Å². The highest BCUT2D eigenvalue weighted by atomic mass is 32.3. The highest BCUT2D eigenvalue weighted by Crippen LogP contribution is 2.56. The first kappa shape index (κ1) is 33.0. The molecular formula is C26H28F6N2O4PS2+. The van der Waals surface area contributed by atoms with E-state index in [9.17, 15) is 43.2 Å². The molecule has 0 amide bonds. The summed E-state index contributed by atoms with van der Waals surface area (Å²) in [5.74, 6) is 0. The molecule has 0 aromatic heterocycles. The Morgan fingerprint density at radius 2 is 0.951 bits per heavy atom. The zero-order chi connectivity index (χ0) is 30.7. The summed E-state index contributed by atoms with van der Waals surface area (Å²) in [5.41, 5.74) is -15.6. The molecule has 0 aliphatic carbocycles. The number of alkyl halides is 6. The van der Waals surface area contributed by atoms with Gasteiger partial charge in [-0.1, -0.05) is 78.6 Å². The molecule has 1 N–H and O–H groups in total. The van der Waals surface area contributed by atoms with Gasteiger partial charge in [0, 0.05) is 0 Å². The van der Waals surface area contributed by atoms with Crippen LogP contribution in [0.5, 0.6) is 0 Å². The molecule has 15 heteroatoms. The fourth-order valence-corrected chi connectivity index (χ4v) is 12.3. The molecule has 3 aromatic carbocycles. The molecule has 0 aliphatic heterocycles. The molecule has 0 fully saturated rings. The number of rotatable bonds is 11. The number of nitrogens with zero attached hydrogens (tertiary/aromatic N) is 1. The van der Waals surface area contributed by atoms with Crippen LogP contribution in [0.1, 0.15) is 33.1 Å². The van der Waals surface area contributed by atoms with Crippen LogP contribution in [0.2, 0.25) is 0 Å². The predicted octanol–water partition coefficient (Wildman–Crippen LogP) is 5.39. The minimum Gasteiger partial charge on any atom is -0.202 e. The van der Waals surface area contributed by atoms with Crippen LogP contribution in [0.25, 0.3) is 0 Å². The highest BCUT2D eigenvalue weighted by molar-refractivity contribution is 8.05. The number of nitrogens with one attached hydrogen (secondary N) is 1. The summed E-state index contributed by atoms with van der Waals surface area (Å²) in [4.78, 5) is 0. The second-order valence-electron chi connectivity index (χ2n) is 9.02. The van der Waals surface area contributed by atoms with E-state index in [0.29, 0.717) is 15.9 Å². The summed E-state index contributed by atoms with van der Waals surface area (Å²) in [6, 6.07) is 24.3. The SMILES string of the molecule is CCCC(CC)(N[P+](c1ccccc1)(c1ccccc1)c1ccccc1)N(S(=O)(=O)C(F)(F)F)S(=O)(=O)C(F)(F)F. The lowest BCUT2D eigenvalue weighted by atomic mass is 10.0. The Labute approximate surface area is 235 Å². The zero-order valence-corrected chi connectivity index (χ0v) is 24.4. The second kappa shape index (κ2) is 12.0. The standard InChI is InChI=1S/C26H28F6N2O4PS2/c1-3-20-24(4-2,34(40(35,36)25(27,28)29)41(37,38)26(30,31)32)33-39(21-14-8-5-9-15-21,22-16-10-6-11-17-22)23-18-12-7-13-19-23/h5-19,33H,3-4,20H2,1-2H3/q+1. The quantitative estimate of drug-likeness (QED) is 0.173. The molecule has 0 saturated heterocycles. The zero-order valence-electron chi connectivity index (χ0n) is 21.9. The largest absolute Gasteiger partial charge is 0.512 e. The number of hydrogen-bond acceptors (Lipinski definition) is 5. The molecule has 0 aliphatic rings. The van der Waals surface area contributed by atoms with Crippen molar-refractivity contribution in [3.63, 3.8) is 0 Å². The summed E-state index contributed by atoms with van der Waals surface area (Å²) in [6.45, 7) is 2.54. The first-order valence-corrected chi connectivity index (χ1v) is 17.0. The van der Waals surface area contributed by atoms with Gasteiger partial charge in [-0.3, -0.25) is 0 Å². The van der Waals surface area contributed by atoms with Crippen LogP contribution >= 0.6 is 7.41 Å². The third-order valence-electron chi connectivity index (χ3n) is 6.43. The lowest BCUT2D eigenvalue weighted by Gasteiger charge is -2.44. The molecule has 41 heavy (non-hydrogen) atoms. The molecule has 0 spiro atoms. The molecule has 0 saturated carbocycles. The van der Waals surface area contributed by atoms with Gasteiger partial charge in [0.2, 0.25) is 0 Å². The fraction of sp³-hybridized carbons (Fsp3) is 0.308. The van der Waals surface area contributed by atoms with Gasteiger partial charge in [-0.05, 0) is 49.2 Å². The predicted molar refractivity (Wildman–Crippen MR) is 148 cm³/mol. The van der Waals surface area contributed by atoms with Crippen molar-refractivity contribution in [3.05, 3.63) is 91.0 Å². The number of benzene rings is 3. The van der Waals surface area contributed by atoms with Crippen molar-refractivity contribution in [1.29, 1.82) is 0 Å². The molecule has 1 atom stereocenters. The van der Waals surface area contributed by atoms with Crippen LogP contribution in [-0.2, 0) is 20.0 Å². The Balaban J connectivity index is 2.57. The van der Waals surface area contributed by atoms with E-state index in [-0.39, 0.29) is 6.42 Å². The van der Waals surface area contributed by atoms with Gasteiger partial charge in [-0.25, -0.2) is 16.8 Å². The number of hydrogen-bond donors (Lipinski definition) is 1. The summed E-state index contributed by atoms with van der Waals surface area (Å²) in [6.07, 6.45) is -1.64. The highest BCUT2D eigenvalue weighted by Gasteiger charge is 2.69. The van der Waals surface area contributed by atoms with Crippen molar-refractivity contribution in [1.82, 2.24) is 8.80 Å². The maximum absolute atomic E-state index is 14.0. The Kier molecular flexibility index (Phi) is 9.66. The summed E-state index contributed by atoms with van der Waals surface area (Å²) >= 11 is 0. The van der Waals surface area contributed by atoms with Gasteiger partial charge >= 0.3 is 31.1 Å². The Morgan fingerprint density at radius 3 is 1.20 bits per heavy atom. The molecule has 224 valence electrons. The van der Waals surface area contributed by atoms with Crippen molar-refractivity contribution in [2.45, 2.75) is 49.8 Å². The monoisotopic (exact) mass is 641 g/mol. The van der Waals surface area contributed by atoms with Gasteiger partial charge in [0.05, 0.1) is 0 Å². The van der Waals surface area contributed by atoms with Gasteiger partial charge < -0.3 is 0 Å². The lowest BCUT2D eigenvalue weighted by Crippen LogP contribution is -2.67. The third kappa shape index (κ3) is 6.03. The molecule has 1 unspecified atom stereocenters. The lowest BCUT2D eigenvalue weighted by molar-refractivity contribution is -0.0580. The van der Waals surface area contributed by atoms with Crippen LogP contribution in [0, 0.1) is 0 Å². The van der Waals surface area contributed by atoms with Crippen molar-refractivity contribution in [2.24, 2.45) is 0 Å². The number of halogens is 6. The minimum absolute atomic E-state index is 0.170. The van der Waals surface area contributed by atoms with Gasteiger partial charge in [-0.15, -0.1) is 0 Å². The van der Waals surface area contributed by atoms with Crippen LogP contribution in [0.15, 0.2) is 91.0 Å². The normalized spacial score (nSPS) is 15.0.